The minimum atomic E-state index is 0.421. The van der Waals surface area contributed by atoms with E-state index in [-0.39, 0.29) is 0 Å². The van der Waals surface area contributed by atoms with E-state index in [4.69, 9.17) is 10.6 Å². The summed E-state index contributed by atoms with van der Waals surface area (Å²) in [4.78, 5) is 0. The minimum absolute atomic E-state index is 0.421. The summed E-state index contributed by atoms with van der Waals surface area (Å²) in [7, 11) is 0. The van der Waals surface area contributed by atoms with Crippen molar-refractivity contribution in [3.63, 3.8) is 0 Å². The number of thiophene rings is 1. The van der Waals surface area contributed by atoms with Gasteiger partial charge in [-0.05, 0) is 54.0 Å². The maximum absolute atomic E-state index is 5.65. The van der Waals surface area contributed by atoms with Gasteiger partial charge >= 0.3 is 0 Å². The van der Waals surface area contributed by atoms with Crippen LogP contribution in [-0.2, 0) is 11.2 Å². The molecule has 0 aromatic carbocycles. The maximum Gasteiger partial charge on any atom is 0.0468 e. The molecule has 19 heavy (non-hydrogen) atoms. The molecular formula is C15H26N2OS. The third kappa shape index (κ3) is 5.61. The van der Waals surface area contributed by atoms with Crippen LogP contribution in [0.3, 0.4) is 0 Å². The molecule has 1 aromatic rings. The van der Waals surface area contributed by atoms with Crippen molar-refractivity contribution in [2.24, 2.45) is 11.8 Å². The summed E-state index contributed by atoms with van der Waals surface area (Å²) in [5.74, 6) is 6.55. The van der Waals surface area contributed by atoms with Gasteiger partial charge in [-0.2, -0.15) is 11.3 Å². The Balaban J connectivity index is 1.57. The van der Waals surface area contributed by atoms with Gasteiger partial charge in [-0.3, -0.25) is 11.3 Å². The second-order valence-electron chi connectivity index (χ2n) is 5.54. The summed E-state index contributed by atoms with van der Waals surface area (Å²) in [6.07, 6.45) is 8.70. The highest BCUT2D eigenvalue weighted by atomic mass is 32.1. The van der Waals surface area contributed by atoms with Crippen LogP contribution in [0.15, 0.2) is 16.8 Å². The second-order valence-corrected chi connectivity index (χ2v) is 6.32. The van der Waals surface area contributed by atoms with Crippen LogP contribution in [0.2, 0.25) is 0 Å². The average Bonchev–Trinajstić information content (AvgIpc) is 2.96. The van der Waals surface area contributed by atoms with Crippen molar-refractivity contribution in [2.45, 2.75) is 51.0 Å². The van der Waals surface area contributed by atoms with E-state index in [1.807, 2.05) is 0 Å². The highest BCUT2D eigenvalue weighted by molar-refractivity contribution is 7.07. The fraction of sp³-hybridized carbons (Fsp3) is 0.733. The Kier molecular flexibility index (Phi) is 6.85. The Labute approximate surface area is 120 Å². The van der Waals surface area contributed by atoms with Gasteiger partial charge in [-0.25, -0.2) is 0 Å². The van der Waals surface area contributed by atoms with Gasteiger partial charge < -0.3 is 4.74 Å². The molecule has 4 heteroatoms. The molecule has 3 nitrogen and oxygen atoms in total. The van der Waals surface area contributed by atoms with Gasteiger partial charge in [-0.1, -0.05) is 19.3 Å². The number of hydrogen-bond donors (Lipinski definition) is 2. The fourth-order valence-corrected chi connectivity index (χ4v) is 3.48. The van der Waals surface area contributed by atoms with E-state index >= 15 is 0 Å². The van der Waals surface area contributed by atoms with Crippen molar-refractivity contribution in [3.05, 3.63) is 22.4 Å². The standard InChI is InChI=1S/C15H26N2OS/c16-17-15(11-14-7-10-19-12-14)4-2-1-3-13-5-8-18-9-6-13/h7,10,12-13,15,17H,1-6,8-9,11,16H2. The molecule has 108 valence electrons. The molecule has 1 aromatic heterocycles. The van der Waals surface area contributed by atoms with Gasteiger partial charge in [0.25, 0.3) is 0 Å². The highest BCUT2D eigenvalue weighted by Crippen LogP contribution is 2.21. The van der Waals surface area contributed by atoms with Crippen LogP contribution in [0, 0.1) is 5.92 Å². The lowest BCUT2D eigenvalue weighted by Gasteiger charge is -2.22. The predicted molar refractivity (Wildman–Crippen MR) is 81.1 cm³/mol. The molecule has 0 radical (unpaired) electrons. The Hall–Kier alpha value is -0.420. The quantitative estimate of drug-likeness (QED) is 0.437. The largest absolute Gasteiger partial charge is 0.381 e. The minimum Gasteiger partial charge on any atom is -0.381 e. The number of nitrogens with two attached hydrogens (primary N) is 1. The van der Waals surface area contributed by atoms with Crippen molar-refractivity contribution in [1.82, 2.24) is 5.43 Å². The zero-order chi connectivity index (χ0) is 13.3. The first kappa shape index (κ1) is 15.0. The smallest absolute Gasteiger partial charge is 0.0468 e. The third-order valence-corrected chi connectivity index (χ3v) is 4.79. The number of rotatable bonds is 8. The van der Waals surface area contributed by atoms with Crippen LogP contribution in [-0.4, -0.2) is 19.3 Å². The molecule has 1 saturated heterocycles. The fourth-order valence-electron chi connectivity index (χ4n) is 2.80. The first-order chi connectivity index (χ1) is 9.38. The lowest BCUT2D eigenvalue weighted by molar-refractivity contribution is 0.0630. The van der Waals surface area contributed by atoms with Crippen molar-refractivity contribution < 1.29 is 4.74 Å². The molecule has 1 unspecified atom stereocenters. The molecule has 0 saturated carbocycles. The molecule has 1 aliphatic rings. The van der Waals surface area contributed by atoms with E-state index in [2.05, 4.69) is 22.3 Å². The maximum atomic E-state index is 5.65. The van der Waals surface area contributed by atoms with E-state index in [0.717, 1.165) is 25.6 Å². The lowest BCUT2D eigenvalue weighted by atomic mass is 9.93. The third-order valence-electron chi connectivity index (χ3n) is 4.05. The molecule has 3 N–H and O–H groups in total. The van der Waals surface area contributed by atoms with E-state index < -0.39 is 0 Å². The summed E-state index contributed by atoms with van der Waals surface area (Å²) in [5.41, 5.74) is 4.36. The zero-order valence-corrected chi connectivity index (χ0v) is 12.5. The van der Waals surface area contributed by atoms with Crippen LogP contribution in [0.25, 0.3) is 0 Å². The van der Waals surface area contributed by atoms with Gasteiger partial charge in [0.2, 0.25) is 0 Å². The van der Waals surface area contributed by atoms with Crippen LogP contribution in [0.1, 0.15) is 44.1 Å². The molecule has 1 fully saturated rings. The Morgan fingerprint density at radius 3 is 2.89 bits per heavy atom. The predicted octanol–water partition coefficient (Wildman–Crippen LogP) is 3.11. The lowest BCUT2D eigenvalue weighted by Crippen LogP contribution is -2.36. The zero-order valence-electron chi connectivity index (χ0n) is 11.6. The molecule has 0 bridgehead atoms. The van der Waals surface area contributed by atoms with Crippen molar-refractivity contribution in [3.8, 4) is 0 Å². The second kappa shape index (κ2) is 8.69. The van der Waals surface area contributed by atoms with E-state index in [1.54, 1.807) is 11.3 Å². The summed E-state index contributed by atoms with van der Waals surface area (Å²) >= 11 is 1.76. The first-order valence-electron chi connectivity index (χ1n) is 7.43. The number of hydrogen-bond acceptors (Lipinski definition) is 4. The van der Waals surface area contributed by atoms with Gasteiger partial charge in [0, 0.05) is 19.3 Å². The van der Waals surface area contributed by atoms with Gasteiger partial charge in [-0.15, -0.1) is 0 Å². The molecular weight excluding hydrogens is 256 g/mol. The normalized spacial score (nSPS) is 18.6. The number of hydrazine groups is 1. The monoisotopic (exact) mass is 282 g/mol. The Morgan fingerprint density at radius 1 is 1.37 bits per heavy atom. The average molecular weight is 282 g/mol. The molecule has 2 heterocycles. The van der Waals surface area contributed by atoms with E-state index in [9.17, 15) is 0 Å². The van der Waals surface area contributed by atoms with Crippen LogP contribution >= 0.6 is 11.3 Å². The van der Waals surface area contributed by atoms with Crippen LogP contribution in [0.4, 0.5) is 0 Å². The number of nitrogens with one attached hydrogen (secondary N) is 1. The molecule has 2 rings (SSSR count). The number of ether oxygens (including phenoxy) is 1. The Bertz CT molecular complexity index is 323. The summed E-state index contributed by atoms with van der Waals surface area (Å²) in [5, 5.41) is 4.35. The molecule has 0 spiro atoms. The molecule has 0 aliphatic carbocycles. The topological polar surface area (TPSA) is 47.3 Å². The van der Waals surface area contributed by atoms with Gasteiger partial charge in [0.05, 0.1) is 0 Å². The van der Waals surface area contributed by atoms with Gasteiger partial charge in [0.15, 0.2) is 0 Å². The Morgan fingerprint density at radius 2 is 2.21 bits per heavy atom. The SMILES string of the molecule is NNC(CCCCC1CCOCC1)Cc1ccsc1. The molecule has 1 atom stereocenters. The first-order valence-corrected chi connectivity index (χ1v) is 8.37. The van der Waals surface area contributed by atoms with Crippen molar-refractivity contribution >= 4 is 11.3 Å². The molecule has 0 amide bonds. The van der Waals surface area contributed by atoms with Crippen molar-refractivity contribution in [2.75, 3.05) is 13.2 Å². The van der Waals surface area contributed by atoms with Gasteiger partial charge in [0.1, 0.15) is 0 Å². The highest BCUT2D eigenvalue weighted by Gasteiger charge is 2.14. The molecule has 1 aliphatic heterocycles. The van der Waals surface area contributed by atoms with E-state index in [0.29, 0.717) is 6.04 Å². The summed E-state index contributed by atoms with van der Waals surface area (Å²) in [6, 6.07) is 2.61. The van der Waals surface area contributed by atoms with E-state index in [1.165, 1.54) is 44.1 Å². The van der Waals surface area contributed by atoms with Crippen molar-refractivity contribution in [1.29, 1.82) is 0 Å². The van der Waals surface area contributed by atoms with Crippen LogP contribution in [0.5, 0.6) is 0 Å². The summed E-state index contributed by atoms with van der Waals surface area (Å²) in [6.45, 7) is 1.94. The number of unbranched alkanes of at least 4 members (excludes halogenated alkanes) is 1. The van der Waals surface area contributed by atoms with Crippen LogP contribution < -0.4 is 11.3 Å². The summed E-state index contributed by atoms with van der Waals surface area (Å²) < 4.78 is 5.39.